The summed E-state index contributed by atoms with van der Waals surface area (Å²) in [5.74, 6) is -0.690. The second kappa shape index (κ2) is 4.85. The second-order valence-electron chi connectivity index (χ2n) is 3.46. The van der Waals surface area contributed by atoms with Gasteiger partial charge in [-0.25, -0.2) is 4.79 Å². The minimum absolute atomic E-state index is 0.113. The Bertz CT molecular complexity index is 734. The minimum atomic E-state index is -0.690. The molecule has 6 heteroatoms. The fourth-order valence-electron chi connectivity index (χ4n) is 1.57. The average Bonchev–Trinajstić information content (AvgIpc) is 2.71. The fraction of sp³-hybridized carbons (Fsp3) is 0.0833. The third-order valence-electron chi connectivity index (χ3n) is 2.41. The molecule has 90 valence electrons. The van der Waals surface area contributed by atoms with Crippen LogP contribution in [0.4, 0.5) is 0 Å². The van der Waals surface area contributed by atoms with Gasteiger partial charge in [0.05, 0.1) is 18.1 Å². The Labute approximate surface area is 108 Å². The maximum Gasteiger partial charge on any atom is 0.350 e. The number of nitrogens with zero attached hydrogens (tertiary/aromatic N) is 2. The van der Waals surface area contributed by atoms with Crippen molar-refractivity contribution in [1.29, 1.82) is 5.26 Å². The molecule has 0 spiro atoms. The normalized spacial score (nSPS) is 11.2. The van der Waals surface area contributed by atoms with Crippen LogP contribution >= 0.6 is 12.2 Å². The summed E-state index contributed by atoms with van der Waals surface area (Å²) < 4.78 is 6.50. The third kappa shape index (κ3) is 2.04. The molecule has 1 aromatic carbocycles. The van der Waals surface area contributed by atoms with Gasteiger partial charge in [0.2, 0.25) is 0 Å². The van der Waals surface area contributed by atoms with Crippen molar-refractivity contribution < 1.29 is 9.53 Å². The van der Waals surface area contributed by atoms with Gasteiger partial charge < -0.3 is 9.72 Å². The van der Waals surface area contributed by atoms with Gasteiger partial charge in [0.1, 0.15) is 6.07 Å². The summed E-state index contributed by atoms with van der Waals surface area (Å²) in [5.41, 5.74) is 1.51. The van der Waals surface area contributed by atoms with E-state index in [1.54, 1.807) is 10.6 Å². The molecule has 0 aliphatic heterocycles. The highest BCUT2D eigenvalue weighted by Crippen LogP contribution is 2.15. The van der Waals surface area contributed by atoms with Crippen LogP contribution in [0, 0.1) is 16.1 Å². The van der Waals surface area contributed by atoms with Gasteiger partial charge in [0.25, 0.3) is 0 Å². The number of imidazole rings is 1. The molecule has 5 nitrogen and oxygen atoms in total. The fourth-order valence-corrected chi connectivity index (χ4v) is 1.83. The lowest BCUT2D eigenvalue weighted by atomic mass is 10.3. The lowest BCUT2D eigenvalue weighted by Crippen LogP contribution is -2.04. The van der Waals surface area contributed by atoms with E-state index in [0.717, 1.165) is 11.0 Å². The summed E-state index contributed by atoms with van der Waals surface area (Å²) in [6.45, 7) is 0. The molecule has 1 aromatic heterocycles. The first-order chi connectivity index (χ1) is 8.67. The van der Waals surface area contributed by atoms with Crippen LogP contribution in [0.25, 0.3) is 17.2 Å². The van der Waals surface area contributed by atoms with Gasteiger partial charge in [-0.2, -0.15) is 5.26 Å². The average molecular weight is 259 g/mol. The van der Waals surface area contributed by atoms with E-state index in [-0.39, 0.29) is 5.57 Å². The van der Waals surface area contributed by atoms with Crippen molar-refractivity contribution in [3.05, 3.63) is 34.6 Å². The zero-order valence-corrected chi connectivity index (χ0v) is 10.3. The van der Waals surface area contributed by atoms with Gasteiger partial charge in [-0.15, -0.1) is 0 Å². The van der Waals surface area contributed by atoms with Crippen LogP contribution in [-0.4, -0.2) is 22.6 Å². The van der Waals surface area contributed by atoms with Crippen LogP contribution in [-0.2, 0) is 9.53 Å². The molecule has 0 saturated carbocycles. The first kappa shape index (κ1) is 12.1. The number of nitrogens with one attached hydrogen (secondary N) is 1. The van der Waals surface area contributed by atoms with Gasteiger partial charge in [-0.1, -0.05) is 12.1 Å². The molecule has 1 N–H and O–H groups in total. The number of aromatic nitrogens is 2. The lowest BCUT2D eigenvalue weighted by Gasteiger charge is -1.99. The number of carbonyl (C=O) groups excluding carboxylic acids is 1. The van der Waals surface area contributed by atoms with E-state index in [1.165, 1.54) is 13.3 Å². The monoisotopic (exact) mass is 259 g/mol. The molecule has 0 fully saturated rings. The van der Waals surface area contributed by atoms with Crippen LogP contribution in [0.15, 0.2) is 29.8 Å². The van der Waals surface area contributed by atoms with Crippen LogP contribution in [0.5, 0.6) is 0 Å². The van der Waals surface area contributed by atoms with Gasteiger partial charge in [0, 0.05) is 6.20 Å². The Morgan fingerprint density at radius 2 is 2.28 bits per heavy atom. The Morgan fingerprint density at radius 1 is 1.56 bits per heavy atom. The number of esters is 1. The number of hydrogen-bond donors (Lipinski definition) is 1. The van der Waals surface area contributed by atoms with E-state index in [1.807, 2.05) is 24.3 Å². The summed E-state index contributed by atoms with van der Waals surface area (Å²) in [5, 5.41) is 8.91. The highest BCUT2D eigenvalue weighted by Gasteiger charge is 2.10. The molecule has 0 bridgehead atoms. The maximum atomic E-state index is 11.3. The minimum Gasteiger partial charge on any atom is -0.465 e. The number of H-pyrrole nitrogens is 1. The molecule has 0 amide bonds. The van der Waals surface area contributed by atoms with Crippen LogP contribution in [0.3, 0.4) is 0 Å². The molecule has 2 aromatic rings. The maximum absolute atomic E-state index is 11.3. The zero-order chi connectivity index (χ0) is 13.1. The molecule has 2 rings (SSSR count). The Kier molecular flexibility index (Phi) is 3.26. The van der Waals surface area contributed by atoms with E-state index < -0.39 is 5.97 Å². The van der Waals surface area contributed by atoms with Crippen molar-refractivity contribution in [2.24, 2.45) is 0 Å². The van der Waals surface area contributed by atoms with Crippen molar-refractivity contribution in [2.75, 3.05) is 7.11 Å². The van der Waals surface area contributed by atoms with Gasteiger partial charge in [-0.3, -0.25) is 4.57 Å². The standard InChI is InChI=1S/C12H9N3O2S/c1-17-11(16)8(6-13)7-15-10-5-3-2-4-9(10)14-12(15)18/h2-5,7H,1H3,(H,14,18)/b8-7+. The first-order valence-corrected chi connectivity index (χ1v) is 5.47. The van der Waals surface area contributed by atoms with Crippen molar-refractivity contribution in [1.82, 2.24) is 9.55 Å². The number of aromatic amines is 1. The number of carbonyl (C=O) groups is 1. The molecule has 0 aliphatic carbocycles. The molecule has 0 radical (unpaired) electrons. The summed E-state index contributed by atoms with van der Waals surface area (Å²) in [6.07, 6.45) is 1.37. The SMILES string of the molecule is COC(=O)/C(C#N)=C/n1c(=S)[nH]c2ccccc21. The van der Waals surface area contributed by atoms with Crippen LogP contribution in [0.2, 0.25) is 0 Å². The summed E-state index contributed by atoms with van der Waals surface area (Å²) in [6, 6.07) is 9.20. The quantitative estimate of drug-likeness (QED) is 0.388. The first-order valence-electron chi connectivity index (χ1n) is 5.07. The van der Waals surface area contributed by atoms with Gasteiger partial charge in [0.15, 0.2) is 10.3 Å². The van der Waals surface area contributed by atoms with E-state index in [0.29, 0.717) is 4.77 Å². The molecule has 0 aliphatic rings. The van der Waals surface area contributed by atoms with Crippen LogP contribution in [0.1, 0.15) is 0 Å². The van der Waals surface area contributed by atoms with E-state index in [9.17, 15) is 4.79 Å². The predicted octanol–water partition coefficient (Wildman–Crippen LogP) is 2.24. The molecule has 0 saturated heterocycles. The van der Waals surface area contributed by atoms with Crippen molar-refractivity contribution in [3.63, 3.8) is 0 Å². The smallest absolute Gasteiger partial charge is 0.350 e. The number of para-hydroxylation sites is 2. The number of nitriles is 1. The Morgan fingerprint density at radius 3 is 2.94 bits per heavy atom. The van der Waals surface area contributed by atoms with E-state index in [2.05, 4.69) is 9.72 Å². The second-order valence-corrected chi connectivity index (χ2v) is 3.85. The molecular weight excluding hydrogens is 250 g/mol. The summed E-state index contributed by atoms with van der Waals surface area (Å²) in [7, 11) is 1.22. The van der Waals surface area contributed by atoms with Gasteiger partial charge >= 0.3 is 5.97 Å². The lowest BCUT2D eigenvalue weighted by molar-refractivity contribution is -0.135. The number of benzene rings is 1. The molecule has 0 atom stereocenters. The molecular formula is C12H9N3O2S. The van der Waals surface area contributed by atoms with E-state index >= 15 is 0 Å². The summed E-state index contributed by atoms with van der Waals surface area (Å²) >= 11 is 5.14. The highest BCUT2D eigenvalue weighted by atomic mass is 32.1. The van der Waals surface area contributed by atoms with E-state index in [4.69, 9.17) is 17.5 Å². The zero-order valence-electron chi connectivity index (χ0n) is 9.51. The number of rotatable bonds is 2. The molecule has 1 heterocycles. The van der Waals surface area contributed by atoms with Crippen LogP contribution < -0.4 is 0 Å². The Hall–Kier alpha value is -2.39. The van der Waals surface area contributed by atoms with Crippen molar-refractivity contribution in [3.8, 4) is 6.07 Å². The van der Waals surface area contributed by atoms with Gasteiger partial charge in [-0.05, 0) is 24.4 Å². The third-order valence-corrected chi connectivity index (χ3v) is 2.71. The molecule has 18 heavy (non-hydrogen) atoms. The molecule has 0 unspecified atom stereocenters. The number of ether oxygens (including phenoxy) is 1. The Balaban J connectivity index is 2.65. The number of methoxy groups -OCH3 is 1. The van der Waals surface area contributed by atoms with Crippen molar-refractivity contribution >= 4 is 35.4 Å². The van der Waals surface area contributed by atoms with Crippen molar-refractivity contribution in [2.45, 2.75) is 0 Å². The highest BCUT2D eigenvalue weighted by molar-refractivity contribution is 7.71. The predicted molar refractivity (Wildman–Crippen MR) is 69.0 cm³/mol. The summed E-state index contributed by atoms with van der Waals surface area (Å²) in [4.78, 5) is 14.3. The topological polar surface area (TPSA) is 70.8 Å². The largest absolute Gasteiger partial charge is 0.465 e. The number of fused-ring (bicyclic) bond motifs is 1. The number of hydrogen-bond acceptors (Lipinski definition) is 4.